The molecular weight excluding hydrogens is 481 g/mol. The maximum absolute atomic E-state index is 15.2. The lowest BCUT2D eigenvalue weighted by atomic mass is 9.97. The predicted molar refractivity (Wildman–Crippen MR) is 143 cm³/mol. The van der Waals surface area contributed by atoms with Gasteiger partial charge < -0.3 is 20.4 Å². The standard InChI is InChI=1S/C30H34FN5O2/c1-35-10-8-25(9-11-35)36-27-15-19(3-5-21(27)16-28(36)37)18-2-4-20(26(31)14-18)12-24(17-32)34-30(38)29-22-6-7-23(13-22)33-29/h2-5,14-15,22-25,29,33H,6-13,16H2,1H3,(H,34,38)/t22?,23?,24-,29-/m0/s1. The molecule has 3 heterocycles. The fraction of sp³-hybridized carbons (Fsp3) is 0.500. The molecule has 38 heavy (non-hydrogen) atoms. The molecule has 1 saturated carbocycles. The molecule has 1 aliphatic carbocycles. The van der Waals surface area contributed by atoms with Gasteiger partial charge in [0.2, 0.25) is 11.8 Å². The van der Waals surface area contributed by atoms with Crippen LogP contribution >= 0.6 is 0 Å². The number of piperidine rings is 2. The highest BCUT2D eigenvalue weighted by atomic mass is 19.1. The number of fused-ring (bicyclic) bond motifs is 3. The molecule has 2 bridgehead atoms. The molecule has 0 spiro atoms. The zero-order valence-corrected chi connectivity index (χ0v) is 21.8. The Kier molecular flexibility index (Phi) is 6.67. The Hall–Kier alpha value is -3.28. The van der Waals surface area contributed by atoms with Gasteiger partial charge in [-0.2, -0.15) is 5.26 Å². The molecule has 6 rings (SSSR count). The Bertz CT molecular complexity index is 1300. The Morgan fingerprint density at radius 2 is 1.92 bits per heavy atom. The fourth-order valence-electron chi connectivity index (χ4n) is 6.81. The monoisotopic (exact) mass is 515 g/mol. The molecule has 2 N–H and O–H groups in total. The number of benzene rings is 2. The Morgan fingerprint density at radius 1 is 1.16 bits per heavy atom. The molecule has 3 aliphatic heterocycles. The third-order valence-electron chi connectivity index (χ3n) is 8.93. The van der Waals surface area contributed by atoms with Crippen LogP contribution in [0.5, 0.6) is 0 Å². The highest BCUT2D eigenvalue weighted by molar-refractivity contribution is 6.02. The van der Waals surface area contributed by atoms with Crippen LogP contribution in [0.25, 0.3) is 11.1 Å². The number of carbonyl (C=O) groups excluding carboxylic acids is 2. The van der Waals surface area contributed by atoms with Crippen molar-refractivity contribution in [3.05, 3.63) is 53.3 Å². The Morgan fingerprint density at radius 3 is 2.61 bits per heavy atom. The van der Waals surface area contributed by atoms with Gasteiger partial charge in [0.1, 0.15) is 11.9 Å². The van der Waals surface area contributed by atoms with E-state index >= 15 is 4.39 Å². The molecular formula is C30H34FN5O2. The SMILES string of the molecule is CN1CCC(N2C(=O)Cc3ccc(-c4ccc(C[C@@H](C#N)NC(=O)[C@H]5NC6CCC5C6)c(F)c4)cc32)CC1. The molecule has 2 saturated heterocycles. The van der Waals surface area contributed by atoms with Gasteiger partial charge in [-0.15, -0.1) is 0 Å². The van der Waals surface area contributed by atoms with Crippen LogP contribution in [0, 0.1) is 23.1 Å². The number of nitrogens with one attached hydrogen (secondary N) is 2. The van der Waals surface area contributed by atoms with Crippen LogP contribution in [0.4, 0.5) is 10.1 Å². The number of hydrogen-bond acceptors (Lipinski definition) is 5. The average molecular weight is 516 g/mol. The van der Waals surface area contributed by atoms with Gasteiger partial charge in [0.05, 0.1) is 18.5 Å². The van der Waals surface area contributed by atoms with Gasteiger partial charge in [-0.1, -0.05) is 24.3 Å². The molecule has 2 aromatic rings. The van der Waals surface area contributed by atoms with Crippen LogP contribution in [0.15, 0.2) is 36.4 Å². The van der Waals surface area contributed by atoms with E-state index in [1.54, 1.807) is 6.07 Å². The molecule has 7 nitrogen and oxygen atoms in total. The van der Waals surface area contributed by atoms with Gasteiger partial charge in [0, 0.05) is 24.2 Å². The molecule has 0 aromatic heterocycles. The van der Waals surface area contributed by atoms with Crippen LogP contribution in [-0.2, 0) is 22.4 Å². The summed E-state index contributed by atoms with van der Waals surface area (Å²) in [5, 5.41) is 15.8. The van der Waals surface area contributed by atoms with Gasteiger partial charge >= 0.3 is 0 Å². The van der Waals surface area contributed by atoms with Gasteiger partial charge in [-0.3, -0.25) is 9.59 Å². The van der Waals surface area contributed by atoms with E-state index in [2.05, 4.69) is 28.7 Å². The number of nitrogens with zero attached hydrogens (tertiary/aromatic N) is 3. The lowest BCUT2D eigenvalue weighted by Gasteiger charge is -2.35. The topological polar surface area (TPSA) is 88.5 Å². The van der Waals surface area contributed by atoms with Crippen molar-refractivity contribution in [1.82, 2.24) is 15.5 Å². The van der Waals surface area contributed by atoms with E-state index in [0.717, 1.165) is 67.6 Å². The molecule has 2 aromatic carbocycles. The minimum atomic E-state index is -0.794. The van der Waals surface area contributed by atoms with Crippen molar-refractivity contribution in [1.29, 1.82) is 5.26 Å². The Labute approximate surface area is 223 Å². The van der Waals surface area contributed by atoms with Crippen molar-refractivity contribution in [2.75, 3.05) is 25.0 Å². The van der Waals surface area contributed by atoms with E-state index in [1.165, 1.54) is 6.07 Å². The highest BCUT2D eigenvalue weighted by Gasteiger charge is 2.43. The molecule has 4 atom stereocenters. The molecule has 3 fully saturated rings. The minimum Gasteiger partial charge on any atom is -0.339 e. The van der Waals surface area contributed by atoms with E-state index in [4.69, 9.17) is 0 Å². The fourth-order valence-corrected chi connectivity index (χ4v) is 6.81. The first-order valence-electron chi connectivity index (χ1n) is 13.8. The molecule has 2 amide bonds. The number of halogens is 1. The van der Waals surface area contributed by atoms with Crippen molar-refractivity contribution < 1.29 is 14.0 Å². The van der Waals surface area contributed by atoms with Crippen molar-refractivity contribution in [2.45, 2.75) is 69.1 Å². The number of rotatable bonds is 6. The summed E-state index contributed by atoms with van der Waals surface area (Å²) in [5.41, 5.74) is 3.93. The first-order chi connectivity index (χ1) is 18.4. The van der Waals surface area contributed by atoms with Crippen molar-refractivity contribution in [2.24, 2.45) is 5.92 Å². The number of amides is 2. The molecule has 2 unspecified atom stereocenters. The van der Waals surface area contributed by atoms with E-state index < -0.39 is 11.9 Å². The quantitative estimate of drug-likeness (QED) is 0.617. The first kappa shape index (κ1) is 25.0. The lowest BCUT2D eigenvalue weighted by Crippen LogP contribution is -2.50. The third kappa shape index (κ3) is 4.70. The third-order valence-corrected chi connectivity index (χ3v) is 8.93. The smallest absolute Gasteiger partial charge is 0.238 e. The summed E-state index contributed by atoms with van der Waals surface area (Å²) < 4.78 is 15.2. The summed E-state index contributed by atoms with van der Waals surface area (Å²) in [6.45, 7) is 1.94. The predicted octanol–water partition coefficient (Wildman–Crippen LogP) is 3.17. The largest absolute Gasteiger partial charge is 0.339 e. The normalized spacial score (nSPS) is 25.9. The van der Waals surface area contributed by atoms with Crippen molar-refractivity contribution >= 4 is 17.5 Å². The zero-order chi connectivity index (χ0) is 26.4. The second-order valence-corrected chi connectivity index (χ2v) is 11.4. The van der Waals surface area contributed by atoms with E-state index in [0.29, 0.717) is 23.9 Å². The molecule has 8 heteroatoms. The van der Waals surface area contributed by atoms with Gasteiger partial charge in [-0.05, 0) is 92.5 Å². The number of carbonyl (C=O) groups is 2. The summed E-state index contributed by atoms with van der Waals surface area (Å²) in [5.74, 6) is -0.103. The number of hydrogen-bond donors (Lipinski definition) is 2. The highest BCUT2D eigenvalue weighted by Crippen LogP contribution is 2.37. The maximum Gasteiger partial charge on any atom is 0.238 e. The summed E-state index contributed by atoms with van der Waals surface area (Å²) in [6.07, 6.45) is 5.57. The summed E-state index contributed by atoms with van der Waals surface area (Å²) in [4.78, 5) is 29.9. The number of anilines is 1. The van der Waals surface area contributed by atoms with Crippen molar-refractivity contribution in [3.63, 3.8) is 0 Å². The second-order valence-electron chi connectivity index (χ2n) is 11.4. The summed E-state index contributed by atoms with van der Waals surface area (Å²) >= 11 is 0. The lowest BCUT2D eigenvalue weighted by molar-refractivity contribution is -0.124. The molecule has 0 radical (unpaired) electrons. The van der Waals surface area contributed by atoms with Gasteiger partial charge in [-0.25, -0.2) is 4.39 Å². The first-order valence-corrected chi connectivity index (χ1v) is 13.8. The van der Waals surface area contributed by atoms with E-state index in [1.807, 2.05) is 29.2 Å². The van der Waals surface area contributed by atoms with Gasteiger partial charge in [0.25, 0.3) is 0 Å². The van der Waals surface area contributed by atoms with Crippen LogP contribution in [0.2, 0.25) is 0 Å². The minimum absolute atomic E-state index is 0.109. The maximum atomic E-state index is 15.2. The van der Waals surface area contributed by atoms with Crippen LogP contribution < -0.4 is 15.5 Å². The van der Waals surface area contributed by atoms with Crippen LogP contribution in [-0.4, -0.2) is 61.0 Å². The zero-order valence-electron chi connectivity index (χ0n) is 21.8. The second kappa shape index (κ2) is 10.1. The van der Waals surface area contributed by atoms with Crippen LogP contribution in [0.3, 0.4) is 0 Å². The van der Waals surface area contributed by atoms with E-state index in [9.17, 15) is 14.9 Å². The number of likely N-dealkylation sites (tertiary alicyclic amines) is 1. The van der Waals surface area contributed by atoms with Crippen molar-refractivity contribution in [3.8, 4) is 17.2 Å². The van der Waals surface area contributed by atoms with Crippen LogP contribution in [0.1, 0.15) is 43.2 Å². The Balaban J connectivity index is 1.16. The number of nitriles is 1. The summed E-state index contributed by atoms with van der Waals surface area (Å²) in [6, 6.07) is 12.6. The van der Waals surface area contributed by atoms with Gasteiger partial charge in [0.15, 0.2) is 0 Å². The molecule has 4 aliphatic rings. The summed E-state index contributed by atoms with van der Waals surface area (Å²) in [7, 11) is 2.11. The van der Waals surface area contributed by atoms with E-state index in [-0.39, 0.29) is 30.3 Å². The average Bonchev–Trinajstić information content (AvgIpc) is 3.63. The molecule has 198 valence electrons.